The summed E-state index contributed by atoms with van der Waals surface area (Å²) in [7, 11) is -3.84. The van der Waals surface area contributed by atoms with Gasteiger partial charge in [-0.3, -0.25) is 0 Å². The van der Waals surface area contributed by atoms with Crippen LogP contribution in [-0.2, 0) is 6.42 Å². The zero-order valence-corrected chi connectivity index (χ0v) is 13.4. The second-order valence-electron chi connectivity index (χ2n) is 5.46. The Morgan fingerprint density at radius 2 is 1.25 bits per heavy atom. The van der Waals surface area contributed by atoms with Crippen LogP contribution in [0, 0.1) is 0 Å². The van der Waals surface area contributed by atoms with Crippen molar-refractivity contribution in [3.8, 4) is 0 Å². The Labute approximate surface area is 123 Å². The molecule has 4 heteroatoms. The van der Waals surface area contributed by atoms with Gasteiger partial charge < -0.3 is 0 Å². The summed E-state index contributed by atoms with van der Waals surface area (Å²) in [6.45, 7) is 2.24. The molecule has 3 N–H and O–H groups in total. The standard InChI is InChI=1S/C16H28O3P/c1-2-3-4-5-6-7-8-9-10-15-11-13-16(14-12-15)20(17,18)19/h11-14,17-19H,2-10H2,1H3/q+1. The lowest BCUT2D eigenvalue weighted by molar-refractivity contribution is 0.347. The van der Waals surface area contributed by atoms with Crippen molar-refractivity contribution in [1.82, 2.24) is 0 Å². The molecule has 0 aromatic heterocycles. The predicted octanol–water partition coefficient (Wildman–Crippen LogP) is 3.73. The molecule has 1 rings (SSSR count). The molecule has 0 aliphatic rings. The zero-order valence-electron chi connectivity index (χ0n) is 12.5. The molecule has 0 aliphatic heterocycles. The lowest BCUT2D eigenvalue weighted by Gasteiger charge is -2.05. The van der Waals surface area contributed by atoms with E-state index in [1.807, 2.05) is 12.1 Å². The molecule has 0 saturated carbocycles. The zero-order chi connectivity index (χ0) is 14.8. The second-order valence-corrected chi connectivity index (χ2v) is 7.11. The van der Waals surface area contributed by atoms with Crippen molar-refractivity contribution in [1.29, 1.82) is 0 Å². The first-order valence-corrected chi connectivity index (χ1v) is 9.35. The Kier molecular flexibility index (Phi) is 8.32. The number of rotatable bonds is 10. The van der Waals surface area contributed by atoms with Gasteiger partial charge in [-0.2, -0.15) is 14.7 Å². The van der Waals surface area contributed by atoms with Gasteiger partial charge in [0.05, 0.1) is 0 Å². The number of benzene rings is 1. The number of unbranched alkanes of at least 4 members (excludes halogenated alkanes) is 7. The first-order valence-electron chi connectivity index (χ1n) is 7.71. The highest BCUT2D eigenvalue weighted by Crippen LogP contribution is 2.42. The van der Waals surface area contributed by atoms with Crippen molar-refractivity contribution in [3.63, 3.8) is 0 Å². The molecule has 1 aromatic carbocycles. The topological polar surface area (TPSA) is 60.7 Å². The molecule has 0 bridgehead atoms. The van der Waals surface area contributed by atoms with E-state index in [9.17, 15) is 0 Å². The van der Waals surface area contributed by atoms with Crippen molar-refractivity contribution in [2.75, 3.05) is 0 Å². The average Bonchev–Trinajstić information content (AvgIpc) is 2.41. The van der Waals surface area contributed by atoms with E-state index in [0.717, 1.165) is 6.42 Å². The lowest BCUT2D eigenvalue weighted by atomic mass is 10.0. The van der Waals surface area contributed by atoms with Gasteiger partial charge in [0.1, 0.15) is 0 Å². The van der Waals surface area contributed by atoms with E-state index in [-0.39, 0.29) is 5.30 Å². The summed E-state index contributed by atoms with van der Waals surface area (Å²) in [5, 5.41) is 0.220. The van der Waals surface area contributed by atoms with Crippen LogP contribution in [0.4, 0.5) is 0 Å². The van der Waals surface area contributed by atoms with Gasteiger partial charge in [-0.25, -0.2) is 0 Å². The molecule has 0 spiro atoms. The van der Waals surface area contributed by atoms with Gasteiger partial charge in [-0.05, 0) is 30.5 Å². The second kappa shape index (κ2) is 9.46. The Morgan fingerprint density at radius 3 is 1.75 bits per heavy atom. The Morgan fingerprint density at radius 1 is 0.750 bits per heavy atom. The molecule has 0 radical (unpaired) electrons. The normalized spacial score (nSPS) is 11.8. The number of hydrogen-bond acceptors (Lipinski definition) is 3. The summed E-state index contributed by atoms with van der Waals surface area (Å²) in [6.07, 6.45) is 11.5. The monoisotopic (exact) mass is 299 g/mol. The van der Waals surface area contributed by atoms with Crippen LogP contribution < -0.4 is 5.30 Å². The highest BCUT2D eigenvalue weighted by atomic mass is 31.2. The molecule has 0 heterocycles. The van der Waals surface area contributed by atoms with E-state index >= 15 is 0 Å². The minimum Gasteiger partial charge on any atom is -0.189 e. The summed E-state index contributed by atoms with van der Waals surface area (Å²) in [5.41, 5.74) is 1.19. The fraction of sp³-hybridized carbons (Fsp3) is 0.625. The summed E-state index contributed by atoms with van der Waals surface area (Å²) >= 11 is 0. The smallest absolute Gasteiger partial charge is 0.189 e. The number of hydrogen-bond donors (Lipinski definition) is 3. The average molecular weight is 299 g/mol. The van der Waals surface area contributed by atoms with E-state index in [0.29, 0.717) is 0 Å². The van der Waals surface area contributed by atoms with Crippen LogP contribution in [0.1, 0.15) is 63.9 Å². The van der Waals surface area contributed by atoms with E-state index < -0.39 is 7.94 Å². The minimum absolute atomic E-state index is 0.220. The van der Waals surface area contributed by atoms with Crippen molar-refractivity contribution < 1.29 is 14.7 Å². The highest BCUT2D eigenvalue weighted by molar-refractivity contribution is 7.66. The molecule has 3 nitrogen and oxygen atoms in total. The van der Waals surface area contributed by atoms with Gasteiger partial charge in [0.25, 0.3) is 0 Å². The fourth-order valence-electron chi connectivity index (χ4n) is 2.33. The van der Waals surface area contributed by atoms with E-state index in [4.69, 9.17) is 14.7 Å². The third kappa shape index (κ3) is 7.35. The first kappa shape index (κ1) is 17.6. The van der Waals surface area contributed by atoms with Crippen LogP contribution in [0.5, 0.6) is 0 Å². The SMILES string of the molecule is CCCCCCCCCCc1ccc([P+](O)(O)O)cc1. The van der Waals surface area contributed by atoms with Crippen molar-refractivity contribution in [2.45, 2.75) is 64.7 Å². The summed E-state index contributed by atoms with van der Waals surface area (Å²) in [4.78, 5) is 27.4. The van der Waals surface area contributed by atoms with Crippen molar-refractivity contribution in [3.05, 3.63) is 29.8 Å². The van der Waals surface area contributed by atoms with Crippen LogP contribution in [0.3, 0.4) is 0 Å². The van der Waals surface area contributed by atoms with E-state index in [1.165, 1.54) is 56.9 Å². The maximum absolute atomic E-state index is 9.14. The molecule has 20 heavy (non-hydrogen) atoms. The fourth-order valence-corrected chi connectivity index (χ4v) is 2.87. The van der Waals surface area contributed by atoms with Crippen LogP contribution in [0.15, 0.2) is 24.3 Å². The van der Waals surface area contributed by atoms with Gasteiger partial charge in [0.2, 0.25) is 0 Å². The highest BCUT2D eigenvalue weighted by Gasteiger charge is 2.33. The molecule has 1 aromatic rings. The largest absolute Gasteiger partial charge is 0.440 e. The van der Waals surface area contributed by atoms with Gasteiger partial charge >= 0.3 is 7.94 Å². The Bertz CT molecular complexity index is 357. The minimum atomic E-state index is -3.84. The van der Waals surface area contributed by atoms with Crippen LogP contribution in [0.2, 0.25) is 0 Å². The van der Waals surface area contributed by atoms with Gasteiger partial charge in [0, 0.05) is 0 Å². The quantitative estimate of drug-likeness (QED) is 0.455. The molecule has 114 valence electrons. The lowest BCUT2D eigenvalue weighted by Crippen LogP contribution is -2.08. The van der Waals surface area contributed by atoms with Crippen LogP contribution in [0.25, 0.3) is 0 Å². The van der Waals surface area contributed by atoms with Gasteiger partial charge in [-0.1, -0.05) is 64.0 Å². The van der Waals surface area contributed by atoms with Crippen LogP contribution >= 0.6 is 7.94 Å². The van der Waals surface area contributed by atoms with E-state index in [1.54, 1.807) is 12.1 Å². The van der Waals surface area contributed by atoms with Gasteiger partial charge in [-0.15, -0.1) is 0 Å². The molecular weight excluding hydrogens is 271 g/mol. The number of aryl methyl sites for hydroxylation is 1. The van der Waals surface area contributed by atoms with E-state index in [2.05, 4.69) is 6.92 Å². The molecule has 0 amide bonds. The molecule has 0 atom stereocenters. The molecule has 0 fully saturated rings. The Hall–Kier alpha value is -0.470. The first-order chi connectivity index (χ1) is 9.54. The maximum Gasteiger partial charge on any atom is 0.440 e. The van der Waals surface area contributed by atoms with Crippen LogP contribution in [-0.4, -0.2) is 14.7 Å². The molecule has 0 aliphatic carbocycles. The third-order valence-electron chi connectivity index (χ3n) is 3.60. The summed E-state index contributed by atoms with van der Waals surface area (Å²) in [6, 6.07) is 6.95. The maximum atomic E-state index is 9.14. The molecular formula is C16H28O3P+. The molecule has 0 unspecified atom stereocenters. The van der Waals surface area contributed by atoms with Gasteiger partial charge in [0.15, 0.2) is 5.30 Å². The van der Waals surface area contributed by atoms with Crippen molar-refractivity contribution in [2.24, 2.45) is 0 Å². The predicted molar refractivity (Wildman–Crippen MR) is 86.0 cm³/mol. The van der Waals surface area contributed by atoms with Crippen molar-refractivity contribution >= 4 is 13.2 Å². The third-order valence-corrected chi connectivity index (χ3v) is 4.59. The molecule has 0 saturated heterocycles. The summed E-state index contributed by atoms with van der Waals surface area (Å²) < 4.78 is 0. The Balaban J connectivity index is 2.13. The summed E-state index contributed by atoms with van der Waals surface area (Å²) in [5.74, 6) is 0.